The van der Waals surface area contributed by atoms with Crippen molar-refractivity contribution in [2.24, 2.45) is 0 Å². The lowest BCUT2D eigenvalue weighted by Crippen LogP contribution is -2.33. The van der Waals surface area contributed by atoms with E-state index in [9.17, 15) is 9.59 Å². The summed E-state index contributed by atoms with van der Waals surface area (Å²) in [7, 11) is 0. The van der Waals surface area contributed by atoms with Crippen molar-refractivity contribution in [3.05, 3.63) is 50.6 Å². The molecule has 1 fully saturated rings. The highest BCUT2D eigenvalue weighted by Gasteiger charge is 2.20. The first-order chi connectivity index (χ1) is 15.0. The van der Waals surface area contributed by atoms with Crippen LogP contribution in [0.5, 0.6) is 0 Å². The van der Waals surface area contributed by atoms with Crippen LogP contribution in [0.15, 0.2) is 34.2 Å². The van der Waals surface area contributed by atoms with Crippen molar-refractivity contribution >= 4 is 39.2 Å². The quantitative estimate of drug-likeness (QED) is 0.429. The molecule has 1 aromatic carbocycles. The first-order valence-corrected chi connectivity index (χ1v) is 12.4. The zero-order valence-corrected chi connectivity index (χ0v) is 19.7. The highest BCUT2D eigenvalue weighted by atomic mass is 32.2. The van der Waals surface area contributed by atoms with E-state index in [1.54, 1.807) is 15.9 Å². The topological polar surface area (TPSA) is 73.2 Å². The Bertz CT molecular complexity index is 1160. The van der Waals surface area contributed by atoms with Crippen LogP contribution in [0.25, 0.3) is 15.9 Å². The van der Waals surface area contributed by atoms with E-state index in [4.69, 9.17) is 9.72 Å². The van der Waals surface area contributed by atoms with Crippen molar-refractivity contribution in [2.45, 2.75) is 51.3 Å². The Kier molecular flexibility index (Phi) is 6.79. The molecule has 1 amide bonds. The number of hydrogen-bond donors (Lipinski definition) is 1. The van der Waals surface area contributed by atoms with Gasteiger partial charge in [0.15, 0.2) is 5.16 Å². The van der Waals surface area contributed by atoms with E-state index in [0.717, 1.165) is 52.4 Å². The predicted octanol–water partition coefficient (Wildman–Crippen LogP) is 4.01. The van der Waals surface area contributed by atoms with Crippen LogP contribution >= 0.6 is 23.1 Å². The normalized spacial score (nSPS) is 16.2. The summed E-state index contributed by atoms with van der Waals surface area (Å²) in [6.45, 7) is 7.39. The van der Waals surface area contributed by atoms with Crippen molar-refractivity contribution in [3.63, 3.8) is 0 Å². The number of hydrogen-bond acceptors (Lipinski definition) is 6. The van der Waals surface area contributed by atoms with Crippen molar-refractivity contribution in [2.75, 3.05) is 18.9 Å². The zero-order chi connectivity index (χ0) is 22.0. The van der Waals surface area contributed by atoms with E-state index in [0.29, 0.717) is 17.1 Å². The number of rotatable bonds is 7. The number of fused-ring (bicyclic) bond motifs is 1. The molecule has 8 heteroatoms. The number of thioether (sulfide) groups is 1. The molecular formula is C23H27N3O3S2. The molecule has 1 aliphatic heterocycles. The van der Waals surface area contributed by atoms with Crippen LogP contribution in [0.1, 0.15) is 35.8 Å². The zero-order valence-electron chi connectivity index (χ0n) is 18.1. The van der Waals surface area contributed by atoms with E-state index in [2.05, 4.69) is 12.2 Å². The van der Waals surface area contributed by atoms with Gasteiger partial charge in [-0.3, -0.25) is 14.2 Å². The summed E-state index contributed by atoms with van der Waals surface area (Å²) in [6.07, 6.45) is 2.92. The molecule has 6 nitrogen and oxygen atoms in total. The maximum Gasteiger partial charge on any atom is 0.267 e. The summed E-state index contributed by atoms with van der Waals surface area (Å²) in [5.41, 5.74) is 2.82. The number of carbonyl (C=O) groups is 1. The monoisotopic (exact) mass is 457 g/mol. The largest absolute Gasteiger partial charge is 0.376 e. The third kappa shape index (κ3) is 4.71. The number of nitrogens with one attached hydrogen (secondary N) is 1. The fourth-order valence-electron chi connectivity index (χ4n) is 3.93. The van der Waals surface area contributed by atoms with E-state index in [1.165, 1.54) is 11.8 Å². The second-order valence-electron chi connectivity index (χ2n) is 7.77. The van der Waals surface area contributed by atoms with E-state index >= 15 is 0 Å². The summed E-state index contributed by atoms with van der Waals surface area (Å²) in [5, 5.41) is 4.17. The molecule has 1 aliphatic rings. The molecule has 2 aromatic heterocycles. The minimum Gasteiger partial charge on any atom is -0.376 e. The summed E-state index contributed by atoms with van der Waals surface area (Å²) in [4.78, 5) is 32.7. The lowest BCUT2D eigenvalue weighted by molar-refractivity contribution is -0.119. The number of nitrogens with zero attached hydrogens (tertiary/aromatic N) is 2. The van der Waals surface area contributed by atoms with Crippen LogP contribution in [0.4, 0.5) is 0 Å². The lowest BCUT2D eigenvalue weighted by Gasteiger charge is -2.14. The van der Waals surface area contributed by atoms with Crippen LogP contribution in [-0.2, 0) is 16.0 Å². The first kappa shape index (κ1) is 22.0. The molecular weight excluding hydrogens is 430 g/mol. The molecule has 0 bridgehead atoms. The minimum atomic E-state index is -0.0813. The van der Waals surface area contributed by atoms with Gasteiger partial charge in [0.2, 0.25) is 5.91 Å². The van der Waals surface area contributed by atoms with Crippen molar-refractivity contribution in [1.29, 1.82) is 0 Å². The van der Waals surface area contributed by atoms with E-state index in [-0.39, 0.29) is 23.3 Å². The van der Waals surface area contributed by atoms with Gasteiger partial charge in [0.25, 0.3) is 5.56 Å². The molecule has 0 spiro atoms. The third-order valence-electron chi connectivity index (χ3n) is 5.49. The molecule has 3 aromatic rings. The number of thiophene rings is 1. The highest BCUT2D eigenvalue weighted by molar-refractivity contribution is 7.99. The average molecular weight is 458 g/mol. The summed E-state index contributed by atoms with van der Waals surface area (Å²) in [6, 6.07) is 7.82. The highest BCUT2D eigenvalue weighted by Crippen LogP contribution is 2.30. The van der Waals surface area contributed by atoms with Gasteiger partial charge in [0.05, 0.1) is 22.9 Å². The van der Waals surface area contributed by atoms with Crippen molar-refractivity contribution < 1.29 is 9.53 Å². The molecule has 0 unspecified atom stereocenters. The average Bonchev–Trinajstić information content (AvgIpc) is 3.37. The van der Waals surface area contributed by atoms with E-state index < -0.39 is 0 Å². The Morgan fingerprint density at radius 2 is 2.23 bits per heavy atom. The second kappa shape index (κ2) is 9.54. The van der Waals surface area contributed by atoms with Gasteiger partial charge < -0.3 is 10.1 Å². The molecule has 1 N–H and O–H groups in total. The van der Waals surface area contributed by atoms with Gasteiger partial charge in [-0.15, -0.1) is 11.3 Å². The van der Waals surface area contributed by atoms with Crippen molar-refractivity contribution in [1.82, 2.24) is 14.9 Å². The maximum absolute atomic E-state index is 13.6. The molecule has 31 heavy (non-hydrogen) atoms. The predicted molar refractivity (Wildman–Crippen MR) is 127 cm³/mol. The Morgan fingerprint density at radius 1 is 1.39 bits per heavy atom. The van der Waals surface area contributed by atoms with Crippen LogP contribution in [0.2, 0.25) is 0 Å². The van der Waals surface area contributed by atoms with Gasteiger partial charge in [-0.2, -0.15) is 0 Å². The number of ether oxygens (including phenoxy) is 1. The van der Waals surface area contributed by atoms with Crippen molar-refractivity contribution in [3.8, 4) is 5.69 Å². The van der Waals surface area contributed by atoms with Gasteiger partial charge in [-0.25, -0.2) is 4.98 Å². The Balaban J connectivity index is 1.67. The summed E-state index contributed by atoms with van der Waals surface area (Å²) in [5.74, 6) is 0.115. The third-order valence-corrected chi connectivity index (χ3v) is 7.47. The molecule has 0 saturated carbocycles. The van der Waals surface area contributed by atoms with Crippen LogP contribution in [-0.4, -0.2) is 40.5 Å². The first-order valence-electron chi connectivity index (χ1n) is 10.6. The number of amides is 1. The van der Waals surface area contributed by atoms with Gasteiger partial charge in [-0.1, -0.05) is 30.8 Å². The van der Waals surface area contributed by atoms with E-state index in [1.807, 2.05) is 38.1 Å². The smallest absolute Gasteiger partial charge is 0.267 e. The number of carbonyl (C=O) groups excluding carboxylic acids is 1. The number of aromatic nitrogens is 2. The lowest BCUT2D eigenvalue weighted by atomic mass is 10.1. The maximum atomic E-state index is 13.6. The second-order valence-corrected chi connectivity index (χ2v) is 9.92. The fraction of sp³-hybridized carbons (Fsp3) is 0.435. The molecule has 1 atom stereocenters. The SMILES string of the molecule is CCc1c(C)sc2nc(SCC(=O)NC[C@@H]3CCCO3)n(-c3cccc(C)c3)c(=O)c12. The molecule has 0 radical (unpaired) electrons. The Morgan fingerprint density at radius 3 is 2.94 bits per heavy atom. The Labute approximate surface area is 190 Å². The van der Waals surface area contributed by atoms with Crippen LogP contribution in [0.3, 0.4) is 0 Å². The van der Waals surface area contributed by atoms with Gasteiger partial charge >= 0.3 is 0 Å². The summed E-state index contributed by atoms with van der Waals surface area (Å²) >= 11 is 2.84. The fourth-order valence-corrected chi connectivity index (χ4v) is 5.93. The minimum absolute atomic E-state index is 0.0703. The number of benzene rings is 1. The van der Waals surface area contributed by atoms with Crippen LogP contribution in [0, 0.1) is 13.8 Å². The Hall–Kier alpha value is -2.16. The molecule has 1 saturated heterocycles. The van der Waals surface area contributed by atoms with Gasteiger partial charge in [-0.05, 0) is 56.4 Å². The number of aryl methyl sites for hydroxylation is 3. The van der Waals surface area contributed by atoms with Crippen LogP contribution < -0.4 is 10.9 Å². The molecule has 164 valence electrons. The van der Waals surface area contributed by atoms with Gasteiger partial charge in [0, 0.05) is 18.0 Å². The standard InChI is InChI=1S/C23H27N3O3S2/c1-4-18-15(3)31-21-20(18)22(28)26(16-8-5-7-14(2)11-16)23(25-21)30-13-19(27)24-12-17-9-6-10-29-17/h5,7-8,11,17H,4,6,9-10,12-13H2,1-3H3,(H,24,27)/t17-/m0/s1. The molecule has 0 aliphatic carbocycles. The molecule has 3 heterocycles. The van der Waals surface area contributed by atoms with Gasteiger partial charge in [0.1, 0.15) is 4.83 Å². The molecule has 4 rings (SSSR count). The summed E-state index contributed by atoms with van der Waals surface area (Å²) < 4.78 is 7.22.